The minimum atomic E-state index is -0.107. The van der Waals surface area contributed by atoms with E-state index in [1.54, 1.807) is 24.3 Å². The van der Waals surface area contributed by atoms with Gasteiger partial charge >= 0.3 is 0 Å². The molecule has 3 aromatic rings. The Morgan fingerprint density at radius 1 is 1.00 bits per heavy atom. The van der Waals surface area contributed by atoms with Gasteiger partial charge in [-0.2, -0.15) is 0 Å². The molecule has 1 aromatic heterocycles. The second-order valence-corrected chi connectivity index (χ2v) is 12.5. The number of fused-ring (bicyclic) bond motifs is 4. The molecule has 37 heavy (non-hydrogen) atoms. The molecule has 192 valence electrons. The van der Waals surface area contributed by atoms with Crippen molar-refractivity contribution in [1.82, 2.24) is 9.55 Å². The van der Waals surface area contributed by atoms with Crippen LogP contribution in [0.1, 0.15) is 79.3 Å². The lowest BCUT2D eigenvalue weighted by molar-refractivity contribution is 0.102. The predicted octanol–water partition coefficient (Wildman–Crippen LogP) is 7.49. The Balaban J connectivity index is 1.43. The van der Waals surface area contributed by atoms with Crippen molar-refractivity contribution in [3.8, 4) is 11.3 Å². The first-order chi connectivity index (χ1) is 18.0. The van der Waals surface area contributed by atoms with Crippen molar-refractivity contribution < 1.29 is 4.79 Å². The van der Waals surface area contributed by atoms with Crippen LogP contribution in [0, 0.1) is 5.92 Å². The lowest BCUT2D eigenvalue weighted by atomic mass is 9.68. The van der Waals surface area contributed by atoms with Gasteiger partial charge in [-0.25, -0.2) is 4.98 Å². The first kappa shape index (κ1) is 24.9. The highest BCUT2D eigenvalue weighted by molar-refractivity contribution is 7.99. The van der Waals surface area contributed by atoms with E-state index in [1.807, 2.05) is 10.6 Å². The largest absolute Gasteiger partial charge is 0.293 e. The molecule has 6 heteroatoms. The average molecular weight is 533 g/mol. The van der Waals surface area contributed by atoms with Crippen LogP contribution in [0.3, 0.4) is 0 Å². The third kappa shape index (κ3) is 4.81. The average Bonchev–Trinajstić information content (AvgIpc) is 3.38. The SMILES string of the molecule is O=C(CSc1nc2c(c(=O)n1CC1CCCCC1)C1(CCCC1)Cc1ccccc1-2)c1ccc(Cl)cc1. The molecule has 3 aliphatic rings. The summed E-state index contributed by atoms with van der Waals surface area (Å²) >= 11 is 7.42. The number of aromatic nitrogens is 2. The highest BCUT2D eigenvalue weighted by Gasteiger charge is 2.44. The third-order valence-electron chi connectivity index (χ3n) is 8.69. The normalized spacial score (nSPS) is 18.5. The fraction of sp³-hybridized carbons (Fsp3) is 0.452. The van der Waals surface area contributed by atoms with Crippen LogP contribution >= 0.6 is 23.4 Å². The Morgan fingerprint density at radius 3 is 2.49 bits per heavy atom. The van der Waals surface area contributed by atoms with E-state index in [9.17, 15) is 9.59 Å². The number of hydrogen-bond acceptors (Lipinski definition) is 4. The fourth-order valence-electron chi connectivity index (χ4n) is 6.79. The van der Waals surface area contributed by atoms with Gasteiger partial charge in [0.25, 0.3) is 5.56 Å². The zero-order valence-electron chi connectivity index (χ0n) is 21.2. The number of ketones is 1. The van der Waals surface area contributed by atoms with Gasteiger partial charge < -0.3 is 0 Å². The summed E-state index contributed by atoms with van der Waals surface area (Å²) in [5.41, 5.74) is 4.83. The van der Waals surface area contributed by atoms with Crippen LogP contribution in [-0.4, -0.2) is 21.1 Å². The standard InChI is InChI=1S/C31H33ClN2O2S/c32-24-14-12-22(13-15-24)26(35)20-37-30-33-28-25-11-5-4-10-23(25)18-31(16-6-7-17-31)27(28)29(36)34(30)19-21-8-2-1-3-9-21/h4-5,10-15,21H,1-3,6-9,16-20H2. The molecule has 0 atom stereocenters. The zero-order valence-corrected chi connectivity index (χ0v) is 22.8. The van der Waals surface area contributed by atoms with E-state index in [-0.39, 0.29) is 22.5 Å². The summed E-state index contributed by atoms with van der Waals surface area (Å²) in [5, 5.41) is 1.29. The van der Waals surface area contributed by atoms with E-state index in [4.69, 9.17) is 16.6 Å². The Bertz CT molecular complexity index is 1370. The Labute approximate surface area is 227 Å². The maximum atomic E-state index is 14.4. The molecule has 2 aromatic carbocycles. The molecule has 0 unspecified atom stereocenters. The summed E-state index contributed by atoms with van der Waals surface area (Å²) in [7, 11) is 0. The molecule has 0 saturated heterocycles. The van der Waals surface area contributed by atoms with Gasteiger partial charge in [0, 0.05) is 28.1 Å². The first-order valence-corrected chi connectivity index (χ1v) is 15.1. The maximum Gasteiger partial charge on any atom is 0.258 e. The molecule has 1 heterocycles. The number of halogens is 1. The smallest absolute Gasteiger partial charge is 0.258 e. The predicted molar refractivity (Wildman–Crippen MR) is 151 cm³/mol. The van der Waals surface area contributed by atoms with Crippen LogP contribution in [0.5, 0.6) is 0 Å². The Hall–Kier alpha value is -2.37. The van der Waals surface area contributed by atoms with Crippen LogP contribution in [0.15, 0.2) is 58.5 Å². The van der Waals surface area contributed by atoms with Crippen molar-refractivity contribution in [3.63, 3.8) is 0 Å². The van der Waals surface area contributed by atoms with Gasteiger partial charge in [-0.05, 0) is 67.9 Å². The molecule has 3 aliphatic carbocycles. The zero-order chi connectivity index (χ0) is 25.4. The van der Waals surface area contributed by atoms with Crippen LogP contribution < -0.4 is 5.56 Å². The van der Waals surface area contributed by atoms with Crippen molar-refractivity contribution >= 4 is 29.1 Å². The summed E-state index contributed by atoms with van der Waals surface area (Å²) in [5.74, 6) is 0.753. The molecule has 2 saturated carbocycles. The summed E-state index contributed by atoms with van der Waals surface area (Å²) < 4.78 is 1.95. The summed E-state index contributed by atoms with van der Waals surface area (Å²) in [6.07, 6.45) is 11.4. The lowest BCUT2D eigenvalue weighted by Gasteiger charge is -2.36. The highest BCUT2D eigenvalue weighted by atomic mass is 35.5. The molecular formula is C31H33ClN2O2S. The minimum absolute atomic E-state index is 0.0190. The van der Waals surface area contributed by atoms with Gasteiger partial charge in [0.2, 0.25) is 0 Å². The molecule has 1 spiro atoms. The Morgan fingerprint density at radius 2 is 1.73 bits per heavy atom. The number of carbonyl (C=O) groups is 1. The van der Waals surface area contributed by atoms with Crippen molar-refractivity contribution in [1.29, 1.82) is 0 Å². The lowest BCUT2D eigenvalue weighted by Crippen LogP contribution is -2.41. The second kappa shape index (κ2) is 10.4. The van der Waals surface area contributed by atoms with Crippen molar-refractivity contribution in [2.24, 2.45) is 5.92 Å². The molecule has 2 fully saturated rings. The number of Topliss-reactive ketones (excluding diaryl/α,β-unsaturated/α-hetero) is 1. The second-order valence-electron chi connectivity index (χ2n) is 11.1. The molecule has 0 radical (unpaired) electrons. The van der Waals surface area contributed by atoms with Crippen molar-refractivity contribution in [3.05, 3.63) is 80.6 Å². The minimum Gasteiger partial charge on any atom is -0.293 e. The maximum absolute atomic E-state index is 14.4. The first-order valence-electron chi connectivity index (χ1n) is 13.7. The fourth-order valence-corrected chi connectivity index (χ4v) is 7.82. The molecule has 0 N–H and O–H groups in total. The third-order valence-corrected chi connectivity index (χ3v) is 9.92. The molecule has 0 amide bonds. The quantitative estimate of drug-likeness (QED) is 0.187. The number of carbonyl (C=O) groups excluding carboxylic acids is 1. The van der Waals surface area contributed by atoms with Gasteiger partial charge in [-0.3, -0.25) is 14.2 Å². The van der Waals surface area contributed by atoms with Crippen LogP contribution in [0.4, 0.5) is 0 Å². The molecule has 0 bridgehead atoms. The highest BCUT2D eigenvalue weighted by Crippen LogP contribution is 2.50. The van der Waals surface area contributed by atoms with Crippen LogP contribution in [-0.2, 0) is 18.4 Å². The van der Waals surface area contributed by atoms with E-state index >= 15 is 0 Å². The number of rotatable bonds is 6. The van der Waals surface area contributed by atoms with Crippen LogP contribution in [0.2, 0.25) is 5.02 Å². The number of thioether (sulfide) groups is 1. The monoisotopic (exact) mass is 532 g/mol. The topological polar surface area (TPSA) is 52.0 Å². The van der Waals surface area contributed by atoms with E-state index in [1.165, 1.54) is 36.6 Å². The summed E-state index contributed by atoms with van der Waals surface area (Å²) in [4.78, 5) is 32.7. The molecule has 0 aliphatic heterocycles. The summed E-state index contributed by atoms with van der Waals surface area (Å²) in [6.45, 7) is 0.703. The van der Waals surface area contributed by atoms with E-state index in [0.717, 1.165) is 61.8 Å². The number of benzene rings is 2. The van der Waals surface area contributed by atoms with E-state index < -0.39 is 0 Å². The van der Waals surface area contributed by atoms with Gasteiger partial charge in [0.15, 0.2) is 10.9 Å². The van der Waals surface area contributed by atoms with Gasteiger partial charge in [-0.1, -0.05) is 79.7 Å². The molecule has 4 nitrogen and oxygen atoms in total. The van der Waals surface area contributed by atoms with Gasteiger partial charge in [-0.15, -0.1) is 0 Å². The van der Waals surface area contributed by atoms with Gasteiger partial charge in [0.05, 0.1) is 17.0 Å². The summed E-state index contributed by atoms with van der Waals surface area (Å²) in [6, 6.07) is 15.5. The molecular weight excluding hydrogens is 500 g/mol. The number of hydrogen-bond donors (Lipinski definition) is 0. The van der Waals surface area contributed by atoms with Crippen molar-refractivity contribution in [2.75, 3.05) is 5.75 Å². The van der Waals surface area contributed by atoms with E-state index in [2.05, 4.69) is 18.2 Å². The van der Waals surface area contributed by atoms with Gasteiger partial charge in [0.1, 0.15) is 0 Å². The van der Waals surface area contributed by atoms with E-state index in [0.29, 0.717) is 28.2 Å². The molecule has 6 rings (SSSR count). The van der Waals surface area contributed by atoms with Crippen molar-refractivity contribution in [2.45, 2.75) is 81.3 Å². The van der Waals surface area contributed by atoms with Crippen LogP contribution in [0.25, 0.3) is 11.3 Å². The Kier molecular flexibility index (Phi) is 7.02. The number of nitrogens with zero attached hydrogens (tertiary/aromatic N) is 2.